The van der Waals surface area contributed by atoms with Crippen LogP contribution in [0.4, 0.5) is 0 Å². The number of halogens is 1. The molecule has 10 nitrogen and oxygen atoms in total. The van der Waals surface area contributed by atoms with Gasteiger partial charge in [0.05, 0.1) is 25.0 Å². The maximum absolute atomic E-state index is 10.7. The number of aliphatic hydroxyl groups is 2. The van der Waals surface area contributed by atoms with Crippen molar-refractivity contribution in [2.24, 2.45) is 5.73 Å². The number of nitrogens with two attached hydrogens (primary N) is 1. The highest BCUT2D eigenvalue weighted by Gasteiger charge is 2.51. The Morgan fingerprint density at radius 1 is 1.19 bits per heavy atom. The summed E-state index contributed by atoms with van der Waals surface area (Å²) in [5.41, 5.74) is 7.38. The third kappa shape index (κ3) is 5.60. The van der Waals surface area contributed by atoms with E-state index >= 15 is 0 Å². The lowest BCUT2D eigenvalue weighted by Gasteiger charge is -2.38. The maximum Gasteiger partial charge on any atom is 0.142 e. The first kappa shape index (κ1) is 24.2. The number of nitrogens with zero attached hydrogens (tertiary/aromatic N) is 2. The highest BCUT2D eigenvalue weighted by atomic mass is 35.5. The molecule has 32 heavy (non-hydrogen) atoms. The molecule has 3 saturated heterocycles. The Morgan fingerprint density at radius 3 is 2.75 bits per heavy atom. The Bertz CT molecular complexity index is 730. The van der Waals surface area contributed by atoms with Gasteiger partial charge in [-0.3, -0.25) is 16.0 Å². The van der Waals surface area contributed by atoms with Crippen molar-refractivity contribution >= 4 is 11.6 Å². The molecule has 8 N–H and O–H groups in total. The Balaban J connectivity index is 1.19. The molecule has 3 heterocycles. The number of nitrogens with one attached hydrogen (secondary N) is 4. The topological polar surface area (TPSA) is 130 Å². The number of hydrogen-bond acceptors (Lipinski definition) is 10. The predicted molar refractivity (Wildman–Crippen MR) is 123 cm³/mol. The number of aliphatic hydroxyl groups excluding tert-OH is 2. The summed E-state index contributed by atoms with van der Waals surface area (Å²) in [6.07, 6.45) is -2.24. The zero-order valence-electron chi connectivity index (χ0n) is 18.5. The number of hydrogen-bond donors (Lipinski definition) is 7. The molecule has 7 atom stereocenters. The normalized spacial score (nSPS) is 35.5. The minimum atomic E-state index is -0.973. The Morgan fingerprint density at radius 2 is 1.97 bits per heavy atom. The van der Waals surface area contributed by atoms with Crippen LogP contribution in [0.15, 0.2) is 24.3 Å². The Labute approximate surface area is 194 Å². The van der Waals surface area contributed by atoms with E-state index in [0.29, 0.717) is 19.9 Å². The second kappa shape index (κ2) is 11.0. The van der Waals surface area contributed by atoms with Gasteiger partial charge in [-0.1, -0.05) is 23.7 Å². The standard InChI is InChI=1S/C21H36ClN7O3/c1-28(9-8-24-7-6-13-2-4-14(22)5-3-13)10-15-17(30)18(31)21(32-15)29-12-27-16-19(23)25-11-26-20(16)29/h2-5,15-21,24-27,30-31H,6-12,23H2,1H3/t15-,16?,17-,18-,19?,20?,21-/m1/s1. The van der Waals surface area contributed by atoms with Gasteiger partial charge >= 0.3 is 0 Å². The molecule has 0 aliphatic carbocycles. The second-order valence-electron chi connectivity index (χ2n) is 8.89. The van der Waals surface area contributed by atoms with E-state index in [9.17, 15) is 10.2 Å². The quantitative estimate of drug-likeness (QED) is 0.201. The van der Waals surface area contributed by atoms with Crippen molar-refractivity contribution in [2.75, 3.05) is 46.6 Å². The minimum absolute atomic E-state index is 0.0114. The van der Waals surface area contributed by atoms with Crippen LogP contribution in [0.2, 0.25) is 5.02 Å². The number of ether oxygens (including phenoxy) is 1. The molecular formula is C21H36ClN7O3. The average Bonchev–Trinajstić information content (AvgIpc) is 3.32. The second-order valence-corrected chi connectivity index (χ2v) is 9.33. The molecule has 0 aromatic heterocycles. The molecular weight excluding hydrogens is 434 g/mol. The van der Waals surface area contributed by atoms with E-state index in [1.165, 1.54) is 5.56 Å². The lowest BCUT2D eigenvalue weighted by atomic mass is 10.1. The van der Waals surface area contributed by atoms with E-state index in [4.69, 9.17) is 22.1 Å². The van der Waals surface area contributed by atoms with Gasteiger partial charge in [0.15, 0.2) is 0 Å². The summed E-state index contributed by atoms with van der Waals surface area (Å²) in [6, 6.07) is 7.92. The van der Waals surface area contributed by atoms with Crippen molar-refractivity contribution in [3.63, 3.8) is 0 Å². The Kier molecular flexibility index (Phi) is 8.35. The van der Waals surface area contributed by atoms with Crippen LogP contribution in [-0.4, -0.2) is 109 Å². The molecule has 0 radical (unpaired) electrons. The zero-order valence-corrected chi connectivity index (χ0v) is 19.2. The zero-order chi connectivity index (χ0) is 22.7. The van der Waals surface area contributed by atoms with Crippen molar-refractivity contribution in [3.8, 4) is 0 Å². The van der Waals surface area contributed by atoms with Gasteiger partial charge in [0.1, 0.15) is 24.5 Å². The molecule has 11 heteroatoms. The first-order valence-electron chi connectivity index (χ1n) is 11.3. The summed E-state index contributed by atoms with van der Waals surface area (Å²) in [5, 5.41) is 35.4. The fraction of sp³-hybridized carbons (Fsp3) is 0.714. The van der Waals surface area contributed by atoms with Gasteiger partial charge in [0.2, 0.25) is 0 Å². The van der Waals surface area contributed by atoms with Crippen LogP contribution in [0.1, 0.15) is 5.56 Å². The average molecular weight is 470 g/mol. The van der Waals surface area contributed by atoms with Crippen molar-refractivity contribution < 1.29 is 14.9 Å². The fourth-order valence-corrected chi connectivity index (χ4v) is 4.81. The molecule has 3 aliphatic heterocycles. The summed E-state index contributed by atoms with van der Waals surface area (Å²) in [6.45, 7) is 4.18. The molecule has 0 saturated carbocycles. The van der Waals surface area contributed by atoms with Crippen LogP contribution in [0, 0.1) is 0 Å². The molecule has 1 aromatic carbocycles. The van der Waals surface area contributed by atoms with E-state index < -0.39 is 24.5 Å². The number of rotatable bonds is 9. The molecule has 3 aliphatic rings. The molecule has 1 aromatic rings. The largest absolute Gasteiger partial charge is 0.387 e. The number of benzene rings is 1. The lowest BCUT2D eigenvalue weighted by Crippen LogP contribution is -2.68. The summed E-state index contributed by atoms with van der Waals surface area (Å²) >= 11 is 5.92. The third-order valence-electron chi connectivity index (χ3n) is 6.57. The summed E-state index contributed by atoms with van der Waals surface area (Å²) in [4.78, 5) is 4.12. The Hall–Kier alpha value is -0.890. The smallest absolute Gasteiger partial charge is 0.142 e. The van der Waals surface area contributed by atoms with E-state index in [2.05, 4.69) is 26.2 Å². The van der Waals surface area contributed by atoms with Gasteiger partial charge in [0.25, 0.3) is 0 Å². The molecule has 0 bridgehead atoms. The van der Waals surface area contributed by atoms with Gasteiger partial charge in [-0.05, 0) is 37.7 Å². The van der Waals surface area contributed by atoms with Gasteiger partial charge in [-0.15, -0.1) is 0 Å². The van der Waals surface area contributed by atoms with Crippen molar-refractivity contribution in [2.45, 2.75) is 49.3 Å². The molecule has 180 valence electrons. The van der Waals surface area contributed by atoms with E-state index in [1.54, 1.807) is 0 Å². The highest BCUT2D eigenvalue weighted by Crippen LogP contribution is 2.28. The van der Waals surface area contributed by atoms with E-state index in [1.807, 2.05) is 36.2 Å². The van der Waals surface area contributed by atoms with Gasteiger partial charge in [0, 0.05) is 31.3 Å². The molecule has 4 rings (SSSR count). The molecule has 0 amide bonds. The third-order valence-corrected chi connectivity index (χ3v) is 6.82. The van der Waals surface area contributed by atoms with Crippen LogP contribution in [0.25, 0.3) is 0 Å². The predicted octanol–water partition coefficient (Wildman–Crippen LogP) is -2.16. The van der Waals surface area contributed by atoms with E-state index in [0.717, 1.165) is 31.1 Å². The summed E-state index contributed by atoms with van der Waals surface area (Å²) in [7, 11) is 2.00. The summed E-state index contributed by atoms with van der Waals surface area (Å²) in [5.74, 6) is 0. The fourth-order valence-electron chi connectivity index (χ4n) is 4.68. The highest BCUT2D eigenvalue weighted by molar-refractivity contribution is 6.30. The van der Waals surface area contributed by atoms with Gasteiger partial charge in [-0.2, -0.15) is 0 Å². The van der Waals surface area contributed by atoms with Gasteiger partial charge < -0.3 is 30.9 Å². The first-order valence-corrected chi connectivity index (χ1v) is 11.7. The van der Waals surface area contributed by atoms with Crippen molar-refractivity contribution in [3.05, 3.63) is 34.9 Å². The van der Waals surface area contributed by atoms with Crippen LogP contribution < -0.4 is 27.0 Å². The van der Waals surface area contributed by atoms with Gasteiger partial charge in [-0.25, -0.2) is 4.90 Å². The summed E-state index contributed by atoms with van der Waals surface area (Å²) < 4.78 is 6.13. The van der Waals surface area contributed by atoms with E-state index in [-0.39, 0.29) is 18.4 Å². The van der Waals surface area contributed by atoms with Crippen molar-refractivity contribution in [1.29, 1.82) is 0 Å². The van der Waals surface area contributed by atoms with Crippen molar-refractivity contribution in [1.82, 2.24) is 31.1 Å². The van der Waals surface area contributed by atoms with Crippen LogP contribution in [-0.2, 0) is 11.2 Å². The van der Waals surface area contributed by atoms with Crippen LogP contribution >= 0.6 is 11.6 Å². The molecule has 3 fully saturated rings. The van der Waals surface area contributed by atoms with Crippen LogP contribution in [0.3, 0.4) is 0 Å². The maximum atomic E-state index is 10.7. The molecule has 3 unspecified atom stereocenters. The monoisotopic (exact) mass is 469 g/mol. The first-order chi connectivity index (χ1) is 15.4. The number of likely N-dealkylation sites (N-methyl/N-ethyl adjacent to an activating group) is 1. The lowest BCUT2D eigenvalue weighted by molar-refractivity contribution is -0.106. The molecule has 0 spiro atoms. The minimum Gasteiger partial charge on any atom is -0.387 e. The number of fused-ring (bicyclic) bond motifs is 1. The van der Waals surface area contributed by atoms with Crippen LogP contribution in [0.5, 0.6) is 0 Å². The SMILES string of the molecule is CN(CCNCCc1ccc(Cl)cc1)C[C@H]1O[C@@H](N2CNC3C(N)NCNC32)[C@H](O)[C@@H]1O.